The molecular formula is C71H130O6. The quantitative estimate of drug-likeness (QED) is 0.0261. The van der Waals surface area contributed by atoms with Crippen molar-refractivity contribution in [3.63, 3.8) is 0 Å². The van der Waals surface area contributed by atoms with E-state index in [4.69, 9.17) is 14.2 Å². The lowest BCUT2D eigenvalue weighted by atomic mass is 10.0. The first kappa shape index (κ1) is 74.4. The summed E-state index contributed by atoms with van der Waals surface area (Å²) in [6, 6.07) is 0. The van der Waals surface area contributed by atoms with E-state index in [0.717, 1.165) is 89.9 Å². The molecule has 0 aliphatic rings. The fraction of sp³-hybridized carbons (Fsp3) is 0.845. The van der Waals surface area contributed by atoms with Gasteiger partial charge in [0.1, 0.15) is 13.2 Å². The van der Waals surface area contributed by atoms with Gasteiger partial charge in [0.15, 0.2) is 6.10 Å². The Morgan fingerprint density at radius 1 is 0.260 bits per heavy atom. The lowest BCUT2D eigenvalue weighted by Gasteiger charge is -2.18. The highest BCUT2D eigenvalue weighted by Crippen LogP contribution is 2.18. The lowest BCUT2D eigenvalue weighted by molar-refractivity contribution is -0.167. The third kappa shape index (κ3) is 64.1. The summed E-state index contributed by atoms with van der Waals surface area (Å²) in [4.78, 5) is 38.4. The van der Waals surface area contributed by atoms with Gasteiger partial charge < -0.3 is 14.2 Å². The van der Waals surface area contributed by atoms with Gasteiger partial charge in [-0.25, -0.2) is 0 Å². The maximum atomic E-state index is 12.9. The molecule has 77 heavy (non-hydrogen) atoms. The van der Waals surface area contributed by atoms with Crippen LogP contribution in [0.3, 0.4) is 0 Å². The Hall–Kier alpha value is -2.63. The van der Waals surface area contributed by atoms with E-state index in [1.54, 1.807) is 0 Å². The molecule has 1 atom stereocenters. The Balaban J connectivity index is 4.26. The van der Waals surface area contributed by atoms with E-state index in [0.29, 0.717) is 19.3 Å². The Kier molecular flexibility index (Phi) is 63.6. The summed E-state index contributed by atoms with van der Waals surface area (Å²) >= 11 is 0. The predicted octanol–water partition coefficient (Wildman–Crippen LogP) is 23.3. The molecule has 0 saturated heterocycles. The molecule has 0 amide bonds. The second-order valence-electron chi connectivity index (χ2n) is 23.1. The van der Waals surface area contributed by atoms with Crippen molar-refractivity contribution in [2.24, 2.45) is 0 Å². The van der Waals surface area contributed by atoms with E-state index < -0.39 is 6.10 Å². The van der Waals surface area contributed by atoms with Crippen molar-refractivity contribution in [1.29, 1.82) is 0 Å². The van der Waals surface area contributed by atoms with Crippen LogP contribution >= 0.6 is 0 Å². The van der Waals surface area contributed by atoms with Gasteiger partial charge in [0.2, 0.25) is 0 Å². The van der Waals surface area contributed by atoms with E-state index in [2.05, 4.69) is 69.4 Å². The summed E-state index contributed by atoms with van der Waals surface area (Å²) in [6.07, 6.45) is 82.8. The summed E-state index contributed by atoms with van der Waals surface area (Å²) in [7, 11) is 0. The highest BCUT2D eigenvalue weighted by atomic mass is 16.6. The molecule has 0 aromatic heterocycles. The van der Waals surface area contributed by atoms with Crippen molar-refractivity contribution in [2.75, 3.05) is 13.2 Å². The summed E-state index contributed by atoms with van der Waals surface area (Å²) in [5.74, 6) is -0.867. The minimum Gasteiger partial charge on any atom is -0.462 e. The standard InChI is InChI=1S/C71H130O6/c1-4-7-10-13-16-19-22-25-27-29-31-33-35-37-39-41-43-46-49-52-55-58-61-64-70(73)76-67-68(66-75-69(72)63-60-57-54-51-48-45-24-21-18-15-12-9-6-3)77-71(74)65-62-59-56-53-50-47-44-42-40-38-36-34-32-30-28-26-23-20-17-14-11-8-5-2/h12,15,21-22,24-25,29,31,68H,4-11,13-14,16-20,23,26-28,30,32-67H2,1-3H3/b15-12-,24-21-,25-22-,31-29-. The van der Waals surface area contributed by atoms with Crippen LogP contribution in [-0.4, -0.2) is 37.2 Å². The van der Waals surface area contributed by atoms with Gasteiger partial charge in [0.05, 0.1) is 0 Å². The van der Waals surface area contributed by atoms with Gasteiger partial charge in [-0.1, -0.05) is 320 Å². The van der Waals surface area contributed by atoms with Gasteiger partial charge in [0.25, 0.3) is 0 Å². The largest absolute Gasteiger partial charge is 0.462 e. The Morgan fingerprint density at radius 3 is 0.766 bits per heavy atom. The Bertz CT molecular complexity index is 1330. The van der Waals surface area contributed by atoms with Gasteiger partial charge in [-0.2, -0.15) is 0 Å². The molecular weight excluding hydrogens is 949 g/mol. The van der Waals surface area contributed by atoms with Crippen LogP contribution in [0.2, 0.25) is 0 Å². The number of hydrogen-bond donors (Lipinski definition) is 0. The molecule has 0 rings (SSSR count). The fourth-order valence-electron chi connectivity index (χ4n) is 10.2. The van der Waals surface area contributed by atoms with E-state index in [1.807, 2.05) is 0 Å². The van der Waals surface area contributed by atoms with Crippen molar-refractivity contribution >= 4 is 17.9 Å². The van der Waals surface area contributed by atoms with Crippen molar-refractivity contribution < 1.29 is 28.6 Å². The van der Waals surface area contributed by atoms with Gasteiger partial charge in [-0.15, -0.1) is 0 Å². The molecule has 0 N–H and O–H groups in total. The molecule has 6 heteroatoms. The maximum Gasteiger partial charge on any atom is 0.306 e. The normalized spacial score (nSPS) is 12.3. The molecule has 6 nitrogen and oxygen atoms in total. The summed E-state index contributed by atoms with van der Waals surface area (Å²) in [5, 5.41) is 0. The number of allylic oxidation sites excluding steroid dienone is 8. The second-order valence-corrected chi connectivity index (χ2v) is 23.1. The monoisotopic (exact) mass is 1080 g/mol. The van der Waals surface area contributed by atoms with Crippen LogP contribution < -0.4 is 0 Å². The van der Waals surface area contributed by atoms with Gasteiger partial charge >= 0.3 is 17.9 Å². The smallest absolute Gasteiger partial charge is 0.306 e. The van der Waals surface area contributed by atoms with Crippen molar-refractivity contribution in [2.45, 2.75) is 374 Å². The van der Waals surface area contributed by atoms with E-state index >= 15 is 0 Å². The zero-order valence-corrected chi connectivity index (χ0v) is 51.7. The number of carbonyl (C=O) groups excluding carboxylic acids is 3. The van der Waals surface area contributed by atoms with Crippen LogP contribution in [0.15, 0.2) is 48.6 Å². The molecule has 0 spiro atoms. The lowest BCUT2D eigenvalue weighted by Crippen LogP contribution is -2.30. The first-order chi connectivity index (χ1) is 38.0. The molecule has 0 aromatic rings. The van der Waals surface area contributed by atoms with E-state index in [-0.39, 0.29) is 31.1 Å². The van der Waals surface area contributed by atoms with Gasteiger partial charge in [0, 0.05) is 19.3 Å². The number of unbranched alkanes of at least 4 members (excludes halogenated alkanes) is 44. The summed E-state index contributed by atoms with van der Waals surface area (Å²) < 4.78 is 17.0. The SMILES string of the molecule is CCC/C=C\C/C=C\CCCCCCCC(=O)OCC(COC(=O)CCCCCCCCCCCCC/C=C\C/C=C\CCCCCCC)OC(=O)CCCCCCCCCCCCCCCCCCCCCCCCC. The zero-order chi connectivity index (χ0) is 55.7. The van der Waals surface area contributed by atoms with Crippen LogP contribution in [0.4, 0.5) is 0 Å². The van der Waals surface area contributed by atoms with Gasteiger partial charge in [-0.3, -0.25) is 14.4 Å². The van der Waals surface area contributed by atoms with Crippen LogP contribution in [0.25, 0.3) is 0 Å². The molecule has 0 saturated carbocycles. The number of carbonyl (C=O) groups is 3. The molecule has 450 valence electrons. The van der Waals surface area contributed by atoms with Crippen LogP contribution in [0, 0.1) is 0 Å². The maximum absolute atomic E-state index is 12.9. The first-order valence-electron chi connectivity index (χ1n) is 34.1. The minimum absolute atomic E-state index is 0.0750. The molecule has 1 unspecified atom stereocenters. The second kappa shape index (κ2) is 65.9. The topological polar surface area (TPSA) is 78.9 Å². The van der Waals surface area contributed by atoms with Crippen LogP contribution in [-0.2, 0) is 28.6 Å². The number of rotatable bonds is 63. The van der Waals surface area contributed by atoms with Crippen molar-refractivity contribution in [3.8, 4) is 0 Å². The molecule has 0 aliphatic heterocycles. The Labute approximate surface area is 479 Å². The molecule has 0 radical (unpaired) electrons. The number of esters is 3. The van der Waals surface area contributed by atoms with Gasteiger partial charge in [-0.05, 0) is 77.0 Å². The van der Waals surface area contributed by atoms with Crippen LogP contribution in [0.5, 0.6) is 0 Å². The number of ether oxygens (including phenoxy) is 3. The fourth-order valence-corrected chi connectivity index (χ4v) is 10.2. The zero-order valence-electron chi connectivity index (χ0n) is 51.7. The average molecular weight is 1080 g/mol. The molecule has 0 heterocycles. The first-order valence-corrected chi connectivity index (χ1v) is 34.1. The minimum atomic E-state index is -0.779. The van der Waals surface area contributed by atoms with Crippen LogP contribution in [0.1, 0.15) is 367 Å². The molecule has 0 aromatic carbocycles. The molecule has 0 fully saturated rings. The van der Waals surface area contributed by atoms with Crippen molar-refractivity contribution in [3.05, 3.63) is 48.6 Å². The molecule has 0 aliphatic carbocycles. The van der Waals surface area contributed by atoms with E-state index in [1.165, 1.54) is 238 Å². The summed E-state index contributed by atoms with van der Waals surface area (Å²) in [5.41, 5.74) is 0. The van der Waals surface area contributed by atoms with Crippen molar-refractivity contribution in [1.82, 2.24) is 0 Å². The third-order valence-electron chi connectivity index (χ3n) is 15.3. The highest BCUT2D eigenvalue weighted by Gasteiger charge is 2.19. The third-order valence-corrected chi connectivity index (χ3v) is 15.3. The average Bonchev–Trinajstić information content (AvgIpc) is 3.43. The highest BCUT2D eigenvalue weighted by molar-refractivity contribution is 5.71. The molecule has 0 bridgehead atoms. The summed E-state index contributed by atoms with van der Waals surface area (Å²) in [6.45, 7) is 6.62. The number of hydrogen-bond acceptors (Lipinski definition) is 6. The van der Waals surface area contributed by atoms with E-state index in [9.17, 15) is 14.4 Å². The predicted molar refractivity (Wildman–Crippen MR) is 335 cm³/mol. The Morgan fingerprint density at radius 2 is 0.494 bits per heavy atom.